The van der Waals surface area contributed by atoms with Gasteiger partial charge in [0.15, 0.2) is 17.2 Å². The van der Waals surface area contributed by atoms with Gasteiger partial charge in [-0.2, -0.15) is 10.3 Å². The van der Waals surface area contributed by atoms with Gasteiger partial charge in [0.05, 0.1) is 13.2 Å². The molecule has 1 heterocycles. The maximum Gasteiger partial charge on any atom is 0.361 e. The van der Waals surface area contributed by atoms with E-state index in [1.165, 1.54) is 0 Å². The number of esters is 1. The highest BCUT2D eigenvalue weighted by molar-refractivity contribution is 9.10. The molecule has 28 heavy (non-hydrogen) atoms. The Hall–Kier alpha value is -2.87. The van der Waals surface area contributed by atoms with Crippen LogP contribution in [0.15, 0.2) is 46.9 Å². The highest BCUT2D eigenvalue weighted by atomic mass is 79.9. The normalized spacial score (nSPS) is 10.5. The lowest BCUT2D eigenvalue weighted by atomic mass is 10.1. The van der Waals surface area contributed by atoms with Crippen molar-refractivity contribution >= 4 is 21.9 Å². The van der Waals surface area contributed by atoms with E-state index in [0.29, 0.717) is 36.0 Å². The first-order valence-corrected chi connectivity index (χ1v) is 9.64. The van der Waals surface area contributed by atoms with E-state index in [-0.39, 0.29) is 12.3 Å². The van der Waals surface area contributed by atoms with E-state index in [1.54, 1.807) is 25.1 Å². The Kier molecular flexibility index (Phi) is 6.65. The van der Waals surface area contributed by atoms with Crippen molar-refractivity contribution in [1.29, 1.82) is 0 Å². The number of benzene rings is 2. The van der Waals surface area contributed by atoms with E-state index in [4.69, 9.17) is 14.2 Å². The van der Waals surface area contributed by atoms with Crippen LogP contribution in [0.1, 0.15) is 29.9 Å². The van der Waals surface area contributed by atoms with Gasteiger partial charge in [-0.3, -0.25) is 0 Å². The molecule has 1 N–H and O–H groups in total. The summed E-state index contributed by atoms with van der Waals surface area (Å²) in [6.45, 7) is 4.78. The highest BCUT2D eigenvalue weighted by Gasteiger charge is 2.20. The molecule has 8 heteroatoms. The second kappa shape index (κ2) is 9.36. The van der Waals surface area contributed by atoms with Gasteiger partial charge in [0.2, 0.25) is 0 Å². The smallest absolute Gasteiger partial charge is 0.361 e. The van der Waals surface area contributed by atoms with Crippen molar-refractivity contribution in [1.82, 2.24) is 15.4 Å². The topological polar surface area (TPSA) is 86.3 Å². The van der Waals surface area contributed by atoms with Gasteiger partial charge in [-0.1, -0.05) is 28.1 Å². The summed E-state index contributed by atoms with van der Waals surface area (Å²) in [5.41, 5.74) is 2.25. The first kappa shape index (κ1) is 19.9. The summed E-state index contributed by atoms with van der Waals surface area (Å²) in [6.07, 6.45) is 0. The predicted molar refractivity (Wildman–Crippen MR) is 107 cm³/mol. The molecule has 3 rings (SSSR count). The molecule has 0 fully saturated rings. The fourth-order valence-corrected chi connectivity index (χ4v) is 2.82. The van der Waals surface area contributed by atoms with Crippen LogP contribution < -0.4 is 9.47 Å². The lowest BCUT2D eigenvalue weighted by Gasteiger charge is -2.13. The Bertz CT molecular complexity index is 941. The molecule has 0 aliphatic heterocycles. The predicted octanol–water partition coefficient (Wildman–Crippen LogP) is 4.39. The molecular weight excluding hydrogens is 426 g/mol. The Morgan fingerprint density at radius 1 is 1.00 bits per heavy atom. The van der Waals surface area contributed by atoms with Crippen LogP contribution in [0.2, 0.25) is 0 Å². The van der Waals surface area contributed by atoms with Gasteiger partial charge in [-0.15, -0.1) is 5.10 Å². The molecule has 0 spiro atoms. The maximum atomic E-state index is 12.1. The Labute approximate surface area is 171 Å². The highest BCUT2D eigenvalue weighted by Crippen LogP contribution is 2.33. The summed E-state index contributed by atoms with van der Waals surface area (Å²) in [7, 11) is 0. The number of rotatable bonds is 8. The van der Waals surface area contributed by atoms with Crippen LogP contribution >= 0.6 is 15.9 Å². The van der Waals surface area contributed by atoms with Crippen LogP contribution in [0.25, 0.3) is 11.3 Å². The average Bonchev–Trinajstić information content (AvgIpc) is 3.19. The van der Waals surface area contributed by atoms with Crippen LogP contribution in [0.3, 0.4) is 0 Å². The van der Waals surface area contributed by atoms with Crippen molar-refractivity contribution in [3.8, 4) is 22.8 Å². The van der Waals surface area contributed by atoms with Gasteiger partial charge in [-0.25, -0.2) is 4.79 Å². The van der Waals surface area contributed by atoms with Gasteiger partial charge in [-0.05, 0) is 49.7 Å². The van der Waals surface area contributed by atoms with E-state index in [0.717, 1.165) is 10.0 Å². The Balaban J connectivity index is 1.84. The molecule has 0 saturated carbocycles. The summed E-state index contributed by atoms with van der Waals surface area (Å²) in [5, 5.41) is 10.5. The largest absolute Gasteiger partial charge is 0.490 e. The summed E-state index contributed by atoms with van der Waals surface area (Å²) in [6, 6.07) is 13.3. The average molecular weight is 446 g/mol. The number of nitrogens with zero attached hydrogens (tertiary/aromatic N) is 2. The monoisotopic (exact) mass is 445 g/mol. The first-order chi connectivity index (χ1) is 13.6. The third-order valence-electron chi connectivity index (χ3n) is 3.84. The molecule has 0 saturated heterocycles. The fraction of sp³-hybridized carbons (Fsp3) is 0.250. The number of nitrogens with one attached hydrogen (secondary N) is 1. The zero-order chi connectivity index (χ0) is 19.9. The van der Waals surface area contributed by atoms with E-state index >= 15 is 0 Å². The number of carbonyl (C=O) groups excluding carboxylic acids is 1. The summed E-state index contributed by atoms with van der Waals surface area (Å²) < 4.78 is 17.7. The van der Waals surface area contributed by atoms with Crippen LogP contribution in [-0.2, 0) is 11.3 Å². The minimum Gasteiger partial charge on any atom is -0.490 e. The molecule has 146 valence electrons. The second-order valence-corrected chi connectivity index (χ2v) is 6.67. The van der Waals surface area contributed by atoms with Crippen LogP contribution in [0.5, 0.6) is 11.5 Å². The van der Waals surface area contributed by atoms with Crippen molar-refractivity contribution in [2.45, 2.75) is 20.5 Å². The lowest BCUT2D eigenvalue weighted by Crippen LogP contribution is -2.07. The van der Waals surface area contributed by atoms with Crippen molar-refractivity contribution < 1.29 is 19.0 Å². The number of H-pyrrole nitrogens is 1. The fourth-order valence-electron chi connectivity index (χ4n) is 2.56. The first-order valence-electron chi connectivity index (χ1n) is 8.84. The number of halogens is 1. The third-order valence-corrected chi connectivity index (χ3v) is 4.37. The Morgan fingerprint density at radius 3 is 2.50 bits per heavy atom. The molecule has 0 aliphatic carbocycles. The van der Waals surface area contributed by atoms with Crippen LogP contribution in [0, 0.1) is 0 Å². The molecule has 0 aliphatic rings. The van der Waals surface area contributed by atoms with E-state index in [9.17, 15) is 4.79 Å². The molecule has 0 unspecified atom stereocenters. The van der Waals surface area contributed by atoms with E-state index in [1.807, 2.05) is 31.2 Å². The third kappa shape index (κ3) is 4.69. The molecular formula is C20H20BrN3O4. The summed E-state index contributed by atoms with van der Waals surface area (Å²) in [5.74, 6) is 0.643. The van der Waals surface area contributed by atoms with E-state index in [2.05, 4.69) is 31.3 Å². The minimum absolute atomic E-state index is 0.132. The van der Waals surface area contributed by atoms with Crippen molar-refractivity contribution in [2.24, 2.45) is 0 Å². The van der Waals surface area contributed by atoms with Gasteiger partial charge in [0.25, 0.3) is 0 Å². The van der Waals surface area contributed by atoms with Gasteiger partial charge < -0.3 is 14.2 Å². The number of carbonyl (C=O) groups is 1. The Morgan fingerprint density at radius 2 is 1.79 bits per heavy atom. The van der Waals surface area contributed by atoms with E-state index < -0.39 is 5.97 Å². The molecule has 0 bridgehead atoms. The summed E-state index contributed by atoms with van der Waals surface area (Å²) in [4.78, 5) is 12.1. The molecule has 2 aromatic carbocycles. The zero-order valence-corrected chi connectivity index (χ0v) is 17.2. The van der Waals surface area contributed by atoms with Gasteiger partial charge >= 0.3 is 5.97 Å². The molecule has 0 atom stereocenters. The number of hydrogen-bond donors (Lipinski definition) is 1. The number of hydrogen-bond acceptors (Lipinski definition) is 6. The molecule has 7 nitrogen and oxygen atoms in total. The maximum absolute atomic E-state index is 12.1. The minimum atomic E-state index is -0.528. The number of ether oxygens (including phenoxy) is 3. The zero-order valence-electron chi connectivity index (χ0n) is 15.6. The quantitative estimate of drug-likeness (QED) is 0.517. The van der Waals surface area contributed by atoms with Gasteiger partial charge in [0, 0.05) is 10.0 Å². The SMILES string of the molecule is CCOC(=O)c1n[nH]nc1-c1ccc(OCc2ccc(Br)cc2)c(OCC)c1. The van der Waals surface area contributed by atoms with Gasteiger partial charge in [0.1, 0.15) is 12.3 Å². The summed E-state index contributed by atoms with van der Waals surface area (Å²) >= 11 is 3.42. The number of aromatic amines is 1. The lowest BCUT2D eigenvalue weighted by molar-refractivity contribution is 0.0520. The second-order valence-electron chi connectivity index (χ2n) is 5.75. The molecule has 0 amide bonds. The molecule has 0 radical (unpaired) electrons. The number of aromatic nitrogens is 3. The van der Waals surface area contributed by atoms with Crippen LogP contribution in [0.4, 0.5) is 0 Å². The standard InChI is InChI=1S/C20H20BrN3O4/c1-3-26-17-11-14(18-19(23-24-22-18)20(25)27-4-2)7-10-16(17)28-12-13-5-8-15(21)9-6-13/h5-11H,3-4,12H2,1-2H3,(H,22,23,24). The van der Waals surface area contributed by atoms with Crippen molar-refractivity contribution in [2.75, 3.05) is 13.2 Å². The van der Waals surface area contributed by atoms with Crippen molar-refractivity contribution in [3.63, 3.8) is 0 Å². The molecule has 1 aromatic heterocycles. The van der Waals surface area contributed by atoms with Crippen LogP contribution in [-0.4, -0.2) is 34.6 Å². The van der Waals surface area contributed by atoms with Crippen molar-refractivity contribution in [3.05, 3.63) is 58.2 Å². The molecule has 3 aromatic rings.